The number of rotatable bonds is 5. The molecule has 0 fully saturated rings. The molecule has 0 radical (unpaired) electrons. The monoisotopic (exact) mass is 353 g/mol. The fourth-order valence-electron chi connectivity index (χ4n) is 3.15. The zero-order valence-corrected chi connectivity index (χ0v) is 15.0. The number of carboxylic acids is 1. The lowest BCUT2D eigenvalue weighted by molar-refractivity contribution is -0.141. The van der Waals surface area contributed by atoms with E-state index in [1.54, 1.807) is 30.3 Å². The average molecular weight is 353 g/mol. The van der Waals surface area contributed by atoms with Crippen LogP contribution in [-0.4, -0.2) is 22.6 Å². The molecule has 3 rings (SSSR count). The summed E-state index contributed by atoms with van der Waals surface area (Å²) in [5.74, 6) is -0.540. The Labute approximate surface area is 153 Å². The fourth-order valence-corrected chi connectivity index (χ4v) is 3.15. The Balaban J connectivity index is 1.69. The Morgan fingerprint density at radius 2 is 1.92 bits per heavy atom. The first-order valence-electron chi connectivity index (χ1n) is 8.72. The first-order chi connectivity index (χ1) is 12.3. The van der Waals surface area contributed by atoms with Crippen LogP contribution in [0.25, 0.3) is 0 Å². The van der Waals surface area contributed by atoms with Crippen molar-refractivity contribution in [3.63, 3.8) is 0 Å². The lowest BCUT2D eigenvalue weighted by Gasteiger charge is -2.32. The Morgan fingerprint density at radius 1 is 1.19 bits per heavy atom. The van der Waals surface area contributed by atoms with Crippen LogP contribution in [0.4, 0.5) is 0 Å². The second-order valence-corrected chi connectivity index (χ2v) is 7.23. The molecule has 1 atom stereocenters. The SMILES string of the molecule is CC1(C)CCc2cc(CC(=O)N[C@H](C(=O)O)c3ccccc3)ccc2O1. The number of carbonyl (C=O) groups is 2. The molecule has 0 aliphatic carbocycles. The van der Waals surface area contributed by atoms with E-state index < -0.39 is 12.0 Å². The summed E-state index contributed by atoms with van der Waals surface area (Å²) in [6, 6.07) is 13.4. The molecule has 0 aromatic heterocycles. The van der Waals surface area contributed by atoms with Gasteiger partial charge in [0.15, 0.2) is 6.04 Å². The van der Waals surface area contributed by atoms with Gasteiger partial charge in [-0.3, -0.25) is 4.79 Å². The fraction of sp³-hybridized carbons (Fsp3) is 0.333. The van der Waals surface area contributed by atoms with Crippen molar-refractivity contribution < 1.29 is 19.4 Å². The van der Waals surface area contributed by atoms with Crippen molar-refractivity contribution in [3.05, 3.63) is 65.2 Å². The number of carboxylic acid groups (broad SMARTS) is 1. The second kappa shape index (κ2) is 7.20. The van der Waals surface area contributed by atoms with Gasteiger partial charge in [0.1, 0.15) is 11.4 Å². The van der Waals surface area contributed by atoms with Gasteiger partial charge in [-0.15, -0.1) is 0 Å². The van der Waals surface area contributed by atoms with Gasteiger partial charge in [-0.25, -0.2) is 4.79 Å². The minimum absolute atomic E-state index is 0.132. The van der Waals surface area contributed by atoms with Gasteiger partial charge < -0.3 is 15.2 Å². The Bertz CT molecular complexity index is 814. The van der Waals surface area contributed by atoms with Crippen LogP contribution >= 0.6 is 0 Å². The minimum atomic E-state index is -1.08. The molecule has 0 unspecified atom stereocenters. The van der Waals surface area contributed by atoms with Crippen LogP contribution in [-0.2, 0) is 22.4 Å². The third-order valence-corrected chi connectivity index (χ3v) is 4.56. The molecule has 2 aromatic rings. The summed E-state index contributed by atoms with van der Waals surface area (Å²) in [4.78, 5) is 23.9. The number of aliphatic carboxylic acids is 1. The lowest BCUT2D eigenvalue weighted by atomic mass is 9.93. The van der Waals surface area contributed by atoms with Gasteiger partial charge in [0.05, 0.1) is 6.42 Å². The maximum absolute atomic E-state index is 12.4. The third kappa shape index (κ3) is 4.23. The van der Waals surface area contributed by atoms with Crippen molar-refractivity contribution in [3.8, 4) is 5.75 Å². The van der Waals surface area contributed by atoms with E-state index in [4.69, 9.17) is 4.74 Å². The number of hydrogen-bond acceptors (Lipinski definition) is 3. The molecular weight excluding hydrogens is 330 g/mol. The van der Waals surface area contributed by atoms with Crippen LogP contribution in [0.1, 0.15) is 43.0 Å². The zero-order chi connectivity index (χ0) is 18.7. The van der Waals surface area contributed by atoms with Crippen molar-refractivity contribution in [2.75, 3.05) is 0 Å². The van der Waals surface area contributed by atoms with Crippen molar-refractivity contribution in [2.24, 2.45) is 0 Å². The van der Waals surface area contributed by atoms with Crippen LogP contribution in [0.15, 0.2) is 48.5 Å². The topological polar surface area (TPSA) is 75.6 Å². The highest BCUT2D eigenvalue weighted by molar-refractivity contribution is 5.85. The standard InChI is InChI=1S/C21H23NO4/c1-21(2)11-10-16-12-14(8-9-17(16)26-21)13-18(23)22-19(20(24)25)15-6-4-3-5-7-15/h3-9,12,19H,10-11,13H2,1-2H3,(H,22,23)(H,24,25)/t19-/m0/s1. The van der Waals surface area contributed by atoms with Crippen molar-refractivity contribution in [1.29, 1.82) is 0 Å². The van der Waals surface area contributed by atoms with E-state index in [0.29, 0.717) is 5.56 Å². The second-order valence-electron chi connectivity index (χ2n) is 7.23. The summed E-state index contributed by atoms with van der Waals surface area (Å²) >= 11 is 0. The van der Waals surface area contributed by atoms with Gasteiger partial charge in [-0.1, -0.05) is 42.5 Å². The van der Waals surface area contributed by atoms with Crippen molar-refractivity contribution in [2.45, 2.75) is 44.8 Å². The Kier molecular flexibility index (Phi) is 4.98. The van der Waals surface area contributed by atoms with Gasteiger partial charge >= 0.3 is 5.97 Å². The van der Waals surface area contributed by atoms with Crippen LogP contribution in [0.2, 0.25) is 0 Å². The number of ether oxygens (including phenoxy) is 1. The highest BCUT2D eigenvalue weighted by Crippen LogP contribution is 2.33. The summed E-state index contributed by atoms with van der Waals surface area (Å²) in [6.45, 7) is 4.12. The third-order valence-electron chi connectivity index (χ3n) is 4.56. The number of amides is 1. The molecule has 0 saturated heterocycles. The van der Waals surface area contributed by atoms with Gasteiger partial charge in [0.2, 0.25) is 5.91 Å². The summed E-state index contributed by atoms with van der Waals surface area (Å²) < 4.78 is 5.95. The van der Waals surface area contributed by atoms with Gasteiger partial charge in [0, 0.05) is 0 Å². The average Bonchev–Trinajstić information content (AvgIpc) is 2.60. The molecule has 1 aliphatic heterocycles. The smallest absolute Gasteiger partial charge is 0.330 e. The first kappa shape index (κ1) is 18.0. The van der Waals surface area contributed by atoms with Crippen LogP contribution < -0.4 is 10.1 Å². The van der Waals surface area contributed by atoms with Crippen molar-refractivity contribution in [1.82, 2.24) is 5.32 Å². The number of carbonyl (C=O) groups excluding carboxylic acids is 1. The summed E-state index contributed by atoms with van der Waals surface area (Å²) in [5, 5.41) is 12.0. The summed E-state index contributed by atoms with van der Waals surface area (Å²) in [5.41, 5.74) is 2.32. The minimum Gasteiger partial charge on any atom is -0.488 e. The van der Waals surface area contributed by atoms with Crippen LogP contribution in [0.3, 0.4) is 0 Å². The molecule has 2 aromatic carbocycles. The van der Waals surface area contributed by atoms with E-state index in [1.807, 2.05) is 18.2 Å². The largest absolute Gasteiger partial charge is 0.488 e. The molecule has 0 spiro atoms. The highest BCUT2D eigenvalue weighted by atomic mass is 16.5. The molecule has 5 nitrogen and oxygen atoms in total. The zero-order valence-electron chi connectivity index (χ0n) is 15.0. The van der Waals surface area contributed by atoms with Crippen LogP contribution in [0, 0.1) is 0 Å². The van der Waals surface area contributed by atoms with E-state index in [-0.39, 0.29) is 17.9 Å². The molecular formula is C21H23NO4. The van der Waals surface area contributed by atoms with Gasteiger partial charge in [0.25, 0.3) is 0 Å². The summed E-state index contributed by atoms with van der Waals surface area (Å²) in [6.07, 6.45) is 1.96. The van der Waals surface area contributed by atoms with E-state index in [1.165, 1.54) is 0 Å². The molecule has 2 N–H and O–H groups in total. The van der Waals surface area contributed by atoms with E-state index in [2.05, 4.69) is 19.2 Å². The number of hydrogen-bond donors (Lipinski definition) is 2. The van der Waals surface area contributed by atoms with Crippen molar-refractivity contribution >= 4 is 11.9 Å². The van der Waals surface area contributed by atoms with E-state index in [0.717, 1.165) is 29.7 Å². The Hall–Kier alpha value is -2.82. The molecule has 0 bridgehead atoms. The number of benzene rings is 2. The maximum Gasteiger partial charge on any atom is 0.330 e. The number of aryl methyl sites for hydroxylation is 1. The highest BCUT2D eigenvalue weighted by Gasteiger charge is 2.27. The Morgan fingerprint density at radius 3 is 2.62 bits per heavy atom. The molecule has 26 heavy (non-hydrogen) atoms. The normalized spacial score (nSPS) is 16.1. The van der Waals surface area contributed by atoms with E-state index in [9.17, 15) is 14.7 Å². The van der Waals surface area contributed by atoms with E-state index >= 15 is 0 Å². The predicted molar refractivity (Wildman–Crippen MR) is 98.1 cm³/mol. The molecule has 0 saturated carbocycles. The first-order valence-corrected chi connectivity index (χ1v) is 8.72. The number of fused-ring (bicyclic) bond motifs is 1. The lowest BCUT2D eigenvalue weighted by Crippen LogP contribution is -2.35. The molecule has 5 heteroatoms. The predicted octanol–water partition coefficient (Wildman–Crippen LogP) is 3.27. The molecule has 1 amide bonds. The summed E-state index contributed by atoms with van der Waals surface area (Å²) in [7, 11) is 0. The van der Waals surface area contributed by atoms with Crippen LogP contribution in [0.5, 0.6) is 5.75 Å². The molecule has 1 aliphatic rings. The van der Waals surface area contributed by atoms with Gasteiger partial charge in [-0.05, 0) is 49.4 Å². The molecule has 136 valence electrons. The molecule has 1 heterocycles. The van der Waals surface area contributed by atoms with Gasteiger partial charge in [-0.2, -0.15) is 0 Å². The number of nitrogens with one attached hydrogen (secondary N) is 1. The quantitative estimate of drug-likeness (QED) is 0.865. The maximum atomic E-state index is 12.4.